The molecule has 0 aromatic heterocycles. The first-order valence-electron chi connectivity index (χ1n) is 5.50. The molecule has 0 aliphatic carbocycles. The molecule has 20 heavy (non-hydrogen) atoms. The molecule has 0 heterocycles. The van der Waals surface area contributed by atoms with Gasteiger partial charge in [0.15, 0.2) is 0 Å². The minimum Gasteiger partial charge on any atom is -0.465 e. The Morgan fingerprint density at radius 2 is 2.00 bits per heavy atom. The molecule has 8 nitrogen and oxygen atoms in total. The number of esters is 1. The average molecular weight is 301 g/mol. The highest BCUT2D eigenvalue weighted by Gasteiger charge is 2.23. The van der Waals surface area contributed by atoms with E-state index in [0.29, 0.717) is 0 Å². The van der Waals surface area contributed by atoms with Gasteiger partial charge in [0.2, 0.25) is 15.9 Å². The van der Waals surface area contributed by atoms with E-state index in [4.69, 9.17) is 5.73 Å². The van der Waals surface area contributed by atoms with E-state index in [0.717, 1.165) is 13.2 Å². The summed E-state index contributed by atoms with van der Waals surface area (Å²) in [5.41, 5.74) is 5.53. The number of likely N-dealkylation sites (N-methyl/N-ethyl adjacent to an activating group) is 1. The number of hydrogen-bond donors (Lipinski definition) is 3. The van der Waals surface area contributed by atoms with Crippen LogP contribution in [0.2, 0.25) is 0 Å². The van der Waals surface area contributed by atoms with Gasteiger partial charge in [0.05, 0.1) is 24.1 Å². The van der Waals surface area contributed by atoms with Crippen LogP contribution in [0.25, 0.3) is 0 Å². The number of carbonyl (C=O) groups is 2. The van der Waals surface area contributed by atoms with E-state index in [1.807, 2.05) is 0 Å². The standard InChI is InChI=1S/C11H15N3O5S/c1-13-10(15)6-14-20(17,18)9-5-7(12)3-4-8(9)11(16)19-2/h3-5,14H,6,12H2,1-2H3,(H,13,15). The van der Waals surface area contributed by atoms with Crippen LogP contribution in [0.1, 0.15) is 10.4 Å². The Balaban J connectivity index is 3.19. The predicted octanol–water partition coefficient (Wildman–Crippen LogP) is -0.920. The first kappa shape index (κ1) is 15.9. The molecule has 0 bridgehead atoms. The molecule has 0 fully saturated rings. The highest BCUT2D eigenvalue weighted by molar-refractivity contribution is 7.89. The lowest BCUT2D eigenvalue weighted by atomic mass is 10.2. The third-order valence-electron chi connectivity index (χ3n) is 2.40. The zero-order valence-corrected chi connectivity index (χ0v) is 11.8. The van der Waals surface area contributed by atoms with Crippen LogP contribution >= 0.6 is 0 Å². The van der Waals surface area contributed by atoms with Crippen molar-refractivity contribution in [1.82, 2.24) is 10.0 Å². The van der Waals surface area contributed by atoms with E-state index in [1.54, 1.807) is 0 Å². The van der Waals surface area contributed by atoms with E-state index >= 15 is 0 Å². The van der Waals surface area contributed by atoms with Crippen molar-refractivity contribution in [2.75, 3.05) is 26.4 Å². The van der Waals surface area contributed by atoms with Crippen molar-refractivity contribution < 1.29 is 22.7 Å². The summed E-state index contributed by atoms with van der Waals surface area (Å²) < 4.78 is 30.8. The Bertz CT molecular complexity index is 627. The van der Waals surface area contributed by atoms with Crippen LogP contribution in [0.4, 0.5) is 5.69 Å². The molecule has 0 atom stereocenters. The largest absolute Gasteiger partial charge is 0.465 e. The number of ether oxygens (including phenoxy) is 1. The van der Waals surface area contributed by atoms with Crippen LogP contribution in [-0.4, -0.2) is 41.0 Å². The quantitative estimate of drug-likeness (QED) is 0.477. The third kappa shape index (κ3) is 3.68. The molecule has 0 spiro atoms. The Kier molecular flexibility index (Phi) is 5.06. The molecule has 0 aliphatic heterocycles. The molecule has 9 heteroatoms. The van der Waals surface area contributed by atoms with Gasteiger partial charge >= 0.3 is 5.97 Å². The van der Waals surface area contributed by atoms with Crippen LogP contribution in [0.15, 0.2) is 23.1 Å². The topological polar surface area (TPSA) is 128 Å². The number of hydrogen-bond acceptors (Lipinski definition) is 6. The average Bonchev–Trinajstić information content (AvgIpc) is 2.43. The fourth-order valence-electron chi connectivity index (χ4n) is 1.37. The molecule has 0 aliphatic rings. The minimum atomic E-state index is -4.07. The van der Waals surface area contributed by atoms with Gasteiger partial charge in [0.25, 0.3) is 0 Å². The second-order valence-corrected chi connectivity index (χ2v) is 5.48. The van der Waals surface area contributed by atoms with Crippen molar-refractivity contribution in [2.24, 2.45) is 0 Å². The second-order valence-electron chi connectivity index (χ2n) is 3.74. The Morgan fingerprint density at radius 1 is 1.35 bits per heavy atom. The minimum absolute atomic E-state index is 0.161. The van der Waals surface area contributed by atoms with Gasteiger partial charge in [0, 0.05) is 12.7 Å². The van der Waals surface area contributed by atoms with Crippen molar-refractivity contribution in [2.45, 2.75) is 4.90 Å². The zero-order valence-electron chi connectivity index (χ0n) is 11.0. The van der Waals surface area contributed by atoms with Crippen molar-refractivity contribution >= 4 is 27.6 Å². The summed E-state index contributed by atoms with van der Waals surface area (Å²) in [5.74, 6) is -1.33. The smallest absolute Gasteiger partial charge is 0.339 e. The van der Waals surface area contributed by atoms with Crippen molar-refractivity contribution in [1.29, 1.82) is 0 Å². The van der Waals surface area contributed by atoms with Crippen LogP contribution < -0.4 is 15.8 Å². The number of nitrogen functional groups attached to an aromatic ring is 1. The number of amides is 1. The SMILES string of the molecule is CNC(=O)CNS(=O)(=O)c1cc(N)ccc1C(=O)OC. The van der Waals surface area contributed by atoms with E-state index < -0.39 is 28.4 Å². The molecule has 4 N–H and O–H groups in total. The van der Waals surface area contributed by atoms with Crippen molar-refractivity contribution in [3.8, 4) is 0 Å². The zero-order chi connectivity index (χ0) is 15.3. The second kappa shape index (κ2) is 6.35. The fourth-order valence-corrected chi connectivity index (χ4v) is 2.58. The first-order valence-corrected chi connectivity index (χ1v) is 6.98. The van der Waals surface area contributed by atoms with Gasteiger partial charge in [0.1, 0.15) is 0 Å². The van der Waals surface area contributed by atoms with Gasteiger partial charge in [-0.15, -0.1) is 0 Å². The monoisotopic (exact) mass is 301 g/mol. The number of carbonyl (C=O) groups excluding carboxylic acids is 2. The number of rotatable bonds is 5. The molecule has 0 saturated carbocycles. The normalized spacial score (nSPS) is 10.9. The van der Waals surface area contributed by atoms with Crippen LogP contribution in [0.5, 0.6) is 0 Å². The van der Waals surface area contributed by atoms with Gasteiger partial charge in [-0.3, -0.25) is 4.79 Å². The Hall–Kier alpha value is -2.13. The Labute approximate surface area is 116 Å². The molecule has 0 saturated heterocycles. The summed E-state index contributed by atoms with van der Waals surface area (Å²) in [6.07, 6.45) is 0. The molecule has 0 radical (unpaired) electrons. The predicted molar refractivity (Wildman–Crippen MR) is 71.4 cm³/mol. The number of nitrogens with one attached hydrogen (secondary N) is 2. The molecule has 110 valence electrons. The number of methoxy groups -OCH3 is 1. The van der Waals surface area contributed by atoms with Gasteiger partial charge in [-0.05, 0) is 18.2 Å². The number of sulfonamides is 1. The van der Waals surface area contributed by atoms with Crippen LogP contribution in [0.3, 0.4) is 0 Å². The molecular weight excluding hydrogens is 286 g/mol. The van der Waals surface area contributed by atoms with Crippen LogP contribution in [0, 0.1) is 0 Å². The number of benzene rings is 1. The first-order chi connectivity index (χ1) is 9.31. The van der Waals surface area contributed by atoms with Gasteiger partial charge in [-0.2, -0.15) is 0 Å². The lowest BCUT2D eigenvalue weighted by molar-refractivity contribution is -0.119. The number of nitrogens with two attached hydrogens (primary N) is 1. The summed E-state index contributed by atoms with van der Waals surface area (Å²) in [6, 6.07) is 3.75. The maximum atomic E-state index is 12.1. The van der Waals surface area contributed by atoms with E-state index in [-0.39, 0.29) is 16.1 Å². The lowest BCUT2D eigenvalue weighted by Crippen LogP contribution is -2.35. The summed E-state index contributed by atoms with van der Waals surface area (Å²) in [7, 11) is -1.56. The highest BCUT2D eigenvalue weighted by atomic mass is 32.2. The molecular formula is C11H15N3O5S. The number of anilines is 1. The lowest BCUT2D eigenvalue weighted by Gasteiger charge is -2.10. The van der Waals surface area contributed by atoms with E-state index in [2.05, 4.69) is 14.8 Å². The molecule has 1 aromatic rings. The summed E-state index contributed by atoms with van der Waals surface area (Å²) >= 11 is 0. The summed E-state index contributed by atoms with van der Waals surface area (Å²) in [5, 5.41) is 2.27. The summed E-state index contributed by atoms with van der Waals surface area (Å²) in [6.45, 7) is -0.450. The molecule has 1 rings (SSSR count). The maximum Gasteiger partial charge on any atom is 0.339 e. The Morgan fingerprint density at radius 3 is 2.55 bits per heavy atom. The third-order valence-corrected chi connectivity index (χ3v) is 3.84. The van der Waals surface area contributed by atoms with E-state index in [9.17, 15) is 18.0 Å². The fraction of sp³-hybridized carbons (Fsp3) is 0.273. The molecule has 1 aromatic carbocycles. The summed E-state index contributed by atoms with van der Waals surface area (Å²) in [4.78, 5) is 22.3. The van der Waals surface area contributed by atoms with E-state index in [1.165, 1.54) is 19.2 Å². The molecule has 0 unspecified atom stereocenters. The van der Waals surface area contributed by atoms with Crippen molar-refractivity contribution in [3.05, 3.63) is 23.8 Å². The van der Waals surface area contributed by atoms with Crippen LogP contribution in [-0.2, 0) is 19.6 Å². The van der Waals surface area contributed by atoms with Gasteiger partial charge in [-0.1, -0.05) is 0 Å². The van der Waals surface area contributed by atoms with Gasteiger partial charge in [-0.25, -0.2) is 17.9 Å². The van der Waals surface area contributed by atoms with Gasteiger partial charge < -0.3 is 15.8 Å². The molecule has 1 amide bonds. The maximum absolute atomic E-state index is 12.1. The highest BCUT2D eigenvalue weighted by Crippen LogP contribution is 2.19. The van der Waals surface area contributed by atoms with Crippen molar-refractivity contribution in [3.63, 3.8) is 0 Å².